The molecule has 2 heterocycles. The fourth-order valence-corrected chi connectivity index (χ4v) is 3.26. The Kier molecular flexibility index (Phi) is 2.43. The monoisotopic (exact) mass is 302 g/mol. The molecule has 0 saturated heterocycles. The van der Waals surface area contributed by atoms with E-state index in [9.17, 15) is 10.0 Å². The maximum Gasteiger partial charge on any atom is 0.488 e. The second-order valence-electron chi connectivity index (χ2n) is 5.64. The standard InChI is InChI=1S/C18H11BO4/c20-19(21)10-5-6-12-16(9-10)23-15-8-7-14-17(18(12)15)11-3-1-2-4-13(11)22-14/h1-9,20-21H. The zero-order valence-electron chi connectivity index (χ0n) is 12.0. The summed E-state index contributed by atoms with van der Waals surface area (Å²) in [4.78, 5) is 0. The molecule has 0 saturated carbocycles. The zero-order valence-corrected chi connectivity index (χ0v) is 12.0. The maximum atomic E-state index is 9.34. The van der Waals surface area contributed by atoms with E-state index >= 15 is 0 Å². The number of furan rings is 2. The molecule has 2 aromatic heterocycles. The number of fused-ring (bicyclic) bond motifs is 7. The zero-order chi connectivity index (χ0) is 15.6. The van der Waals surface area contributed by atoms with Crippen LogP contribution in [0.25, 0.3) is 43.9 Å². The first kappa shape index (κ1) is 12.8. The van der Waals surface area contributed by atoms with Gasteiger partial charge in [-0.1, -0.05) is 30.3 Å². The minimum atomic E-state index is -1.51. The van der Waals surface area contributed by atoms with E-state index in [1.165, 1.54) is 0 Å². The average Bonchev–Trinajstić information content (AvgIpc) is 3.11. The Morgan fingerprint density at radius 1 is 0.652 bits per heavy atom. The summed E-state index contributed by atoms with van der Waals surface area (Å²) in [6.45, 7) is 0. The fraction of sp³-hybridized carbons (Fsp3) is 0. The van der Waals surface area contributed by atoms with Gasteiger partial charge in [-0.05, 0) is 29.7 Å². The van der Waals surface area contributed by atoms with Crippen molar-refractivity contribution >= 4 is 56.5 Å². The Hall–Kier alpha value is -2.76. The second-order valence-corrected chi connectivity index (χ2v) is 5.64. The molecule has 4 nitrogen and oxygen atoms in total. The van der Waals surface area contributed by atoms with E-state index in [-0.39, 0.29) is 0 Å². The van der Waals surface area contributed by atoms with Gasteiger partial charge in [0.25, 0.3) is 0 Å². The van der Waals surface area contributed by atoms with E-state index in [1.807, 2.05) is 42.5 Å². The first-order chi connectivity index (χ1) is 11.2. The van der Waals surface area contributed by atoms with Crippen molar-refractivity contribution < 1.29 is 18.9 Å². The van der Waals surface area contributed by atoms with Crippen molar-refractivity contribution in [3.8, 4) is 0 Å². The van der Waals surface area contributed by atoms with Gasteiger partial charge in [0.1, 0.15) is 22.3 Å². The van der Waals surface area contributed by atoms with E-state index in [0.29, 0.717) is 11.0 Å². The first-order valence-corrected chi connectivity index (χ1v) is 7.35. The summed E-state index contributed by atoms with van der Waals surface area (Å²) in [5, 5.41) is 22.7. The molecular formula is C18H11BO4. The lowest BCUT2D eigenvalue weighted by molar-refractivity contribution is 0.425. The first-order valence-electron chi connectivity index (χ1n) is 7.35. The van der Waals surface area contributed by atoms with Gasteiger partial charge in [0, 0.05) is 21.5 Å². The van der Waals surface area contributed by atoms with Gasteiger partial charge in [-0.3, -0.25) is 0 Å². The molecular weight excluding hydrogens is 291 g/mol. The number of benzene rings is 3. The van der Waals surface area contributed by atoms with Crippen molar-refractivity contribution in [1.29, 1.82) is 0 Å². The third kappa shape index (κ3) is 1.69. The lowest BCUT2D eigenvalue weighted by Crippen LogP contribution is -2.29. The van der Waals surface area contributed by atoms with Crippen LogP contribution >= 0.6 is 0 Å². The molecule has 110 valence electrons. The van der Waals surface area contributed by atoms with Gasteiger partial charge in [-0.15, -0.1) is 0 Å². The van der Waals surface area contributed by atoms with Crippen LogP contribution in [0.15, 0.2) is 63.4 Å². The van der Waals surface area contributed by atoms with Gasteiger partial charge in [0.05, 0.1) is 0 Å². The summed E-state index contributed by atoms with van der Waals surface area (Å²) in [6, 6.07) is 16.9. The van der Waals surface area contributed by atoms with Gasteiger partial charge in [0.15, 0.2) is 0 Å². The van der Waals surface area contributed by atoms with Crippen LogP contribution in [0.5, 0.6) is 0 Å². The van der Waals surface area contributed by atoms with Crippen LogP contribution in [0.1, 0.15) is 0 Å². The highest BCUT2D eigenvalue weighted by Gasteiger charge is 2.18. The highest BCUT2D eigenvalue weighted by molar-refractivity contribution is 6.59. The smallest absolute Gasteiger partial charge is 0.456 e. The number of para-hydroxylation sites is 1. The molecule has 0 aliphatic heterocycles. The van der Waals surface area contributed by atoms with E-state index in [2.05, 4.69) is 0 Å². The summed E-state index contributed by atoms with van der Waals surface area (Å²) in [5.74, 6) is 0. The van der Waals surface area contributed by atoms with Crippen LogP contribution < -0.4 is 5.46 Å². The van der Waals surface area contributed by atoms with Crippen LogP contribution in [0.4, 0.5) is 0 Å². The minimum Gasteiger partial charge on any atom is -0.456 e. The Morgan fingerprint density at radius 2 is 1.30 bits per heavy atom. The van der Waals surface area contributed by atoms with E-state index in [0.717, 1.165) is 38.3 Å². The SMILES string of the molecule is OB(O)c1ccc2c(c1)oc1ccc3oc4ccccc4c3c12. The lowest BCUT2D eigenvalue weighted by atomic mass is 9.80. The molecule has 0 unspecified atom stereocenters. The summed E-state index contributed by atoms with van der Waals surface area (Å²) in [6.07, 6.45) is 0. The Morgan fingerprint density at radius 3 is 2.04 bits per heavy atom. The Bertz CT molecular complexity index is 1200. The van der Waals surface area contributed by atoms with Gasteiger partial charge in [-0.2, -0.15) is 0 Å². The van der Waals surface area contributed by atoms with E-state index in [1.54, 1.807) is 12.1 Å². The number of hydrogen-bond donors (Lipinski definition) is 2. The highest BCUT2D eigenvalue weighted by atomic mass is 16.4. The van der Waals surface area contributed by atoms with Crippen LogP contribution in [-0.2, 0) is 0 Å². The molecule has 0 amide bonds. The molecule has 0 atom stereocenters. The maximum absolute atomic E-state index is 9.34. The Balaban J connectivity index is 2.01. The summed E-state index contributed by atoms with van der Waals surface area (Å²) in [7, 11) is -1.51. The van der Waals surface area contributed by atoms with Crippen LogP contribution in [0.2, 0.25) is 0 Å². The molecule has 5 aromatic rings. The molecule has 5 rings (SSSR count). The largest absolute Gasteiger partial charge is 0.488 e. The summed E-state index contributed by atoms with van der Waals surface area (Å²) < 4.78 is 11.8. The van der Waals surface area contributed by atoms with Crippen LogP contribution in [0, 0.1) is 0 Å². The summed E-state index contributed by atoms with van der Waals surface area (Å²) >= 11 is 0. The second kappa shape index (κ2) is 4.38. The molecule has 0 aliphatic carbocycles. The fourth-order valence-electron chi connectivity index (χ4n) is 3.26. The topological polar surface area (TPSA) is 66.7 Å². The van der Waals surface area contributed by atoms with Gasteiger partial charge in [-0.25, -0.2) is 0 Å². The molecule has 2 N–H and O–H groups in total. The minimum absolute atomic E-state index is 0.407. The molecule has 0 radical (unpaired) electrons. The normalized spacial score (nSPS) is 11.9. The molecule has 0 bridgehead atoms. The molecule has 5 heteroatoms. The predicted octanol–water partition coefficient (Wildman–Crippen LogP) is 3.17. The Labute approximate surface area is 130 Å². The molecule has 0 fully saturated rings. The molecule has 0 aliphatic rings. The number of rotatable bonds is 1. The van der Waals surface area contributed by atoms with Crippen LogP contribution in [-0.4, -0.2) is 17.2 Å². The van der Waals surface area contributed by atoms with E-state index < -0.39 is 7.12 Å². The van der Waals surface area contributed by atoms with Crippen molar-refractivity contribution in [2.75, 3.05) is 0 Å². The van der Waals surface area contributed by atoms with Crippen LogP contribution in [0.3, 0.4) is 0 Å². The number of hydrogen-bond acceptors (Lipinski definition) is 4. The molecule has 0 spiro atoms. The van der Waals surface area contributed by atoms with E-state index in [4.69, 9.17) is 8.83 Å². The van der Waals surface area contributed by atoms with Crippen molar-refractivity contribution in [3.05, 3.63) is 54.6 Å². The predicted molar refractivity (Wildman–Crippen MR) is 90.8 cm³/mol. The lowest BCUT2D eigenvalue weighted by Gasteiger charge is -1.98. The van der Waals surface area contributed by atoms with Crippen molar-refractivity contribution in [3.63, 3.8) is 0 Å². The molecule has 23 heavy (non-hydrogen) atoms. The van der Waals surface area contributed by atoms with Gasteiger partial charge >= 0.3 is 7.12 Å². The van der Waals surface area contributed by atoms with Gasteiger partial charge < -0.3 is 18.9 Å². The third-order valence-electron chi connectivity index (χ3n) is 4.30. The average molecular weight is 302 g/mol. The molecule has 3 aromatic carbocycles. The van der Waals surface area contributed by atoms with Crippen molar-refractivity contribution in [1.82, 2.24) is 0 Å². The van der Waals surface area contributed by atoms with Crippen molar-refractivity contribution in [2.45, 2.75) is 0 Å². The highest BCUT2D eigenvalue weighted by Crippen LogP contribution is 2.39. The summed E-state index contributed by atoms with van der Waals surface area (Å²) in [5.41, 5.74) is 3.44. The third-order valence-corrected chi connectivity index (χ3v) is 4.30. The quantitative estimate of drug-likeness (QED) is 0.467. The van der Waals surface area contributed by atoms with Crippen molar-refractivity contribution in [2.24, 2.45) is 0 Å². The van der Waals surface area contributed by atoms with Gasteiger partial charge in [0.2, 0.25) is 0 Å².